The summed E-state index contributed by atoms with van der Waals surface area (Å²) in [5.74, 6) is -3.54. The van der Waals surface area contributed by atoms with E-state index >= 15 is 0 Å². The van der Waals surface area contributed by atoms with Crippen molar-refractivity contribution < 1.29 is 119 Å². The van der Waals surface area contributed by atoms with Gasteiger partial charge in [-0.25, -0.2) is 8.42 Å². The summed E-state index contributed by atoms with van der Waals surface area (Å²) >= 11 is 1.19. The minimum absolute atomic E-state index is 0. The summed E-state index contributed by atoms with van der Waals surface area (Å²) in [4.78, 5) is 44.1. The fraction of sp³-hybridized carbons (Fsp3) is 0.429. The summed E-state index contributed by atoms with van der Waals surface area (Å²) in [5, 5.41) is 26.0. The molecular weight excluding hydrogens is 619 g/mol. The molecule has 0 aromatic heterocycles. The van der Waals surface area contributed by atoms with Crippen molar-refractivity contribution in [3.8, 4) is 0 Å². The van der Waals surface area contributed by atoms with Gasteiger partial charge in [0.2, 0.25) is 11.8 Å². The number of hydrogen-bond donors (Lipinski definition) is 2. The van der Waals surface area contributed by atoms with E-state index in [4.69, 9.17) is 0 Å². The second kappa shape index (κ2) is 23.6. The Hall–Kier alpha value is -0.744. The zero-order chi connectivity index (χ0) is 31.0. The number of sulfone groups is 1. The van der Waals surface area contributed by atoms with Crippen LogP contribution in [0.1, 0.15) is 48.5 Å². The summed E-state index contributed by atoms with van der Waals surface area (Å²) < 4.78 is 23.2. The smallest absolute Gasteiger partial charge is 0.549 e. The molecule has 0 spiro atoms. The predicted molar refractivity (Wildman–Crippen MR) is 153 cm³/mol. The molecule has 0 radical (unpaired) electrons. The van der Waals surface area contributed by atoms with Crippen LogP contribution >= 0.6 is 11.8 Å². The third-order valence-electron chi connectivity index (χ3n) is 4.32. The molecule has 14 heteroatoms. The Balaban J connectivity index is -0.000000618. The van der Waals surface area contributed by atoms with E-state index in [1.807, 2.05) is 13.8 Å². The third kappa shape index (κ3) is 21.9. The first-order chi connectivity index (χ1) is 18.4. The van der Waals surface area contributed by atoms with Gasteiger partial charge in [0, 0.05) is 33.9 Å². The average molecular weight is 657 g/mol. The second-order valence-corrected chi connectivity index (χ2v) is 12.9. The van der Waals surface area contributed by atoms with Crippen molar-refractivity contribution in [1.29, 1.82) is 0 Å². The average Bonchev–Trinajstić information content (AvgIpc) is 2.83. The first kappa shape index (κ1) is 45.7. The number of anilines is 2. The van der Waals surface area contributed by atoms with Crippen molar-refractivity contribution in [3.05, 3.63) is 48.5 Å². The van der Waals surface area contributed by atoms with E-state index in [0.29, 0.717) is 11.4 Å². The number of hydrogen-bond acceptors (Lipinski definition) is 9. The van der Waals surface area contributed by atoms with Crippen LogP contribution in [-0.4, -0.2) is 43.7 Å². The molecule has 0 unspecified atom stereocenters. The van der Waals surface area contributed by atoms with E-state index in [0.717, 1.165) is 10.8 Å². The van der Waals surface area contributed by atoms with Crippen molar-refractivity contribution in [2.24, 2.45) is 17.8 Å². The molecule has 222 valence electrons. The fourth-order valence-electron chi connectivity index (χ4n) is 2.33. The van der Waals surface area contributed by atoms with Crippen LogP contribution in [0.4, 0.5) is 11.4 Å². The monoisotopic (exact) mass is 656 g/mol. The zero-order valence-corrected chi connectivity index (χ0v) is 32.6. The molecule has 0 saturated carbocycles. The van der Waals surface area contributed by atoms with E-state index in [-0.39, 0.29) is 115 Å². The minimum Gasteiger partial charge on any atom is -0.549 e. The summed E-state index contributed by atoms with van der Waals surface area (Å²) in [6, 6.07) is 12.3. The van der Waals surface area contributed by atoms with Crippen LogP contribution in [0, 0.1) is 17.8 Å². The van der Waals surface area contributed by atoms with Crippen LogP contribution in [0.5, 0.6) is 0 Å². The number of amides is 2. The van der Waals surface area contributed by atoms with Gasteiger partial charge in [-0.2, -0.15) is 0 Å². The van der Waals surface area contributed by atoms with Crippen LogP contribution in [0.25, 0.3) is 0 Å². The van der Waals surface area contributed by atoms with Gasteiger partial charge in [-0.3, -0.25) is 9.59 Å². The van der Waals surface area contributed by atoms with Crippen LogP contribution in [-0.2, 0) is 29.0 Å². The maximum absolute atomic E-state index is 11.6. The van der Waals surface area contributed by atoms with E-state index < -0.39 is 27.5 Å². The van der Waals surface area contributed by atoms with Gasteiger partial charge in [0.15, 0.2) is 9.84 Å². The van der Waals surface area contributed by atoms with Crippen LogP contribution < -0.4 is 102 Å². The summed E-state index contributed by atoms with van der Waals surface area (Å²) in [7, 11) is -3.90. The van der Waals surface area contributed by atoms with Crippen molar-refractivity contribution in [2.75, 3.05) is 22.1 Å². The van der Waals surface area contributed by atoms with Crippen molar-refractivity contribution >= 4 is 56.7 Å². The molecule has 2 aromatic carbocycles. The Kier molecular flexibility index (Phi) is 25.7. The number of carbonyl (C=O) groups is 4. The molecule has 10 nitrogen and oxygen atoms in total. The van der Waals surface area contributed by atoms with Gasteiger partial charge < -0.3 is 30.4 Å². The maximum Gasteiger partial charge on any atom is 1.00 e. The molecule has 2 rings (SSSR count). The number of rotatable bonds is 10. The van der Waals surface area contributed by atoms with Crippen LogP contribution in [0.2, 0.25) is 0 Å². The number of carbonyl (C=O) groups excluding carboxylic acids is 4. The van der Waals surface area contributed by atoms with Crippen molar-refractivity contribution in [2.45, 2.75) is 58.3 Å². The standard InChI is InChI=1S/C12H15NO5S.C12H15NO3S.C4H10.K.Na/c1-8(2)12(16)13-9-3-5-10(6-4-9)19(17,18)7-11(14)15;1-8(2)12(16)13-9-3-5-10(6-4-9)17-7-11(14)15;1-4(2)3;;/h3-6,8H,7H2,1-2H3,(H,13,16)(H,14,15);3-6,8H,7H2,1-2H3,(H,13,16)(H,14,15);4H,1-3H3;;/q;;;2*+1/p-2. The molecule has 42 heavy (non-hydrogen) atoms. The fourth-order valence-corrected chi connectivity index (χ4v) is 3.97. The largest absolute Gasteiger partial charge is 1.00 e. The van der Waals surface area contributed by atoms with E-state index in [1.165, 1.54) is 36.0 Å². The van der Waals surface area contributed by atoms with Crippen molar-refractivity contribution in [1.82, 2.24) is 0 Å². The number of benzene rings is 2. The van der Waals surface area contributed by atoms with Gasteiger partial charge in [0.1, 0.15) is 0 Å². The summed E-state index contributed by atoms with van der Waals surface area (Å²) in [5.41, 5.74) is 1.16. The van der Waals surface area contributed by atoms with E-state index in [1.54, 1.807) is 38.1 Å². The molecule has 0 saturated heterocycles. The molecule has 0 heterocycles. The molecule has 0 bridgehead atoms. The SMILES string of the molecule is CC(C)C.CC(C)C(=O)Nc1ccc(S(=O)(=O)CC(=O)[O-])cc1.CC(C)C(=O)Nc1ccc(SCC(=O)[O-])cc1.[K+].[Na+]. The van der Waals surface area contributed by atoms with E-state index in [9.17, 15) is 37.8 Å². The summed E-state index contributed by atoms with van der Waals surface area (Å²) in [6.07, 6.45) is 0. The maximum atomic E-state index is 11.6. The second-order valence-electron chi connectivity index (χ2n) is 9.86. The number of carboxylic acid groups (broad SMARTS) is 2. The zero-order valence-electron chi connectivity index (χ0n) is 25.8. The molecule has 2 N–H and O–H groups in total. The molecule has 2 aromatic rings. The molecule has 0 aliphatic heterocycles. The first-order valence-corrected chi connectivity index (χ1v) is 15.2. The number of nitrogens with one attached hydrogen (secondary N) is 2. The Labute approximate surface area is 318 Å². The topological polar surface area (TPSA) is 173 Å². The molecule has 0 atom stereocenters. The normalized spacial score (nSPS) is 10.1. The van der Waals surface area contributed by atoms with Crippen molar-refractivity contribution in [3.63, 3.8) is 0 Å². The van der Waals surface area contributed by atoms with Gasteiger partial charge in [0.25, 0.3) is 0 Å². The number of thioether (sulfide) groups is 1. The number of carboxylic acids is 2. The van der Waals surface area contributed by atoms with Gasteiger partial charge in [-0.15, -0.1) is 11.8 Å². The van der Waals surface area contributed by atoms with E-state index in [2.05, 4.69) is 31.4 Å². The Morgan fingerprint density at radius 1 is 0.714 bits per heavy atom. The molecule has 2 amide bonds. The quantitative estimate of drug-likeness (QED) is 0.195. The predicted octanol–water partition coefficient (Wildman–Crippen LogP) is -3.40. The Bertz CT molecular complexity index is 1220. The van der Waals surface area contributed by atoms with Crippen LogP contribution in [0.3, 0.4) is 0 Å². The molecular formula is C28H38KN2NaO8S2. The number of aliphatic carboxylic acids is 2. The van der Waals surface area contributed by atoms with Crippen LogP contribution in [0.15, 0.2) is 58.3 Å². The van der Waals surface area contributed by atoms with Gasteiger partial charge >= 0.3 is 80.9 Å². The minimum atomic E-state index is -3.90. The first-order valence-electron chi connectivity index (χ1n) is 12.5. The third-order valence-corrected chi connectivity index (χ3v) is 6.91. The van der Waals surface area contributed by atoms with Gasteiger partial charge in [-0.1, -0.05) is 48.5 Å². The molecule has 0 aliphatic rings. The van der Waals surface area contributed by atoms with Gasteiger partial charge in [-0.05, 0) is 54.4 Å². The molecule has 0 fully saturated rings. The summed E-state index contributed by atoms with van der Waals surface area (Å²) in [6.45, 7) is 13.6. The Morgan fingerprint density at radius 3 is 1.38 bits per heavy atom. The molecule has 0 aliphatic carbocycles. The Morgan fingerprint density at radius 2 is 1.07 bits per heavy atom. The van der Waals surface area contributed by atoms with Gasteiger partial charge in [0.05, 0.1) is 22.6 Å².